The molecule has 3 heterocycles. The van der Waals surface area contributed by atoms with Crippen LogP contribution in [0.1, 0.15) is 45.7 Å². The second kappa shape index (κ2) is 9.00. The third kappa shape index (κ3) is 3.97. The highest BCUT2D eigenvalue weighted by molar-refractivity contribution is 6.11. The molecule has 1 saturated heterocycles. The van der Waals surface area contributed by atoms with Crippen molar-refractivity contribution in [2.75, 3.05) is 6.67 Å². The van der Waals surface area contributed by atoms with E-state index in [4.69, 9.17) is 14.3 Å². The van der Waals surface area contributed by atoms with Crippen LogP contribution < -0.4 is 5.32 Å². The summed E-state index contributed by atoms with van der Waals surface area (Å²) >= 11 is 0. The number of carbonyl (C=O) groups excluding carboxylic acids is 3. The molecule has 2 aliphatic rings. The molecule has 1 fully saturated rings. The molecule has 0 radical (unpaired) electrons. The van der Waals surface area contributed by atoms with Gasteiger partial charge in [-0.15, -0.1) is 0 Å². The van der Waals surface area contributed by atoms with Crippen molar-refractivity contribution in [1.29, 1.82) is 0 Å². The number of alkyl halides is 1. The minimum atomic E-state index is -2.21. The highest BCUT2D eigenvalue weighted by atomic mass is 19.1. The fourth-order valence-electron chi connectivity index (χ4n) is 4.19. The smallest absolute Gasteiger partial charge is 0.311 e. The van der Waals surface area contributed by atoms with E-state index in [1.165, 1.54) is 6.92 Å². The monoisotopic (exact) mass is 471 g/mol. The molecule has 10 heteroatoms. The van der Waals surface area contributed by atoms with Crippen LogP contribution in [0.4, 0.5) is 4.39 Å². The molecule has 3 atom stereocenters. The zero-order valence-electron chi connectivity index (χ0n) is 19.2. The standard InChI is InChI=1S/C24H26FN3O6/c1-4-19(29)32-24(13-25)18(11-20(30)33-24)27-22(31)23(14(2)3)12-17(28-34-23)21-16-8-6-5-7-15(16)9-10-26-21/h5-10,14,18H,4,11-13H2,1-3H3,(H,27,31)/t18-,23?,24+/m0/s1. The Hall–Kier alpha value is -3.56. The number of oxime groups is 1. The van der Waals surface area contributed by atoms with Gasteiger partial charge in [-0.3, -0.25) is 19.4 Å². The fraction of sp³-hybridized carbons (Fsp3) is 0.458. The number of benzene rings is 1. The van der Waals surface area contributed by atoms with Crippen LogP contribution in [-0.2, 0) is 28.7 Å². The number of amides is 1. The Bertz CT molecular complexity index is 1160. The first-order valence-corrected chi connectivity index (χ1v) is 11.1. The number of fused-ring (bicyclic) bond motifs is 1. The largest absolute Gasteiger partial charge is 0.417 e. The second-order valence-electron chi connectivity index (χ2n) is 8.71. The summed E-state index contributed by atoms with van der Waals surface area (Å²) in [6.45, 7) is 3.82. The topological polar surface area (TPSA) is 116 Å². The predicted octanol–water partition coefficient (Wildman–Crippen LogP) is 2.80. The lowest BCUT2D eigenvalue weighted by Gasteiger charge is -2.34. The highest BCUT2D eigenvalue weighted by Gasteiger charge is 2.57. The van der Waals surface area contributed by atoms with Crippen LogP contribution in [0.25, 0.3) is 10.8 Å². The van der Waals surface area contributed by atoms with Gasteiger partial charge in [0.1, 0.15) is 11.8 Å². The van der Waals surface area contributed by atoms with Gasteiger partial charge in [-0.1, -0.05) is 50.2 Å². The van der Waals surface area contributed by atoms with Crippen LogP contribution in [0.2, 0.25) is 0 Å². The molecule has 0 aliphatic carbocycles. The van der Waals surface area contributed by atoms with Crippen molar-refractivity contribution in [3.63, 3.8) is 0 Å². The molecule has 0 spiro atoms. The lowest BCUT2D eigenvalue weighted by molar-refractivity contribution is -0.225. The Kier molecular flexibility index (Phi) is 6.24. The summed E-state index contributed by atoms with van der Waals surface area (Å²) in [5, 5.41) is 8.66. The molecule has 0 saturated carbocycles. The SMILES string of the molecule is CCC(=O)O[C@]1(CF)OC(=O)C[C@@H]1NC(=O)C1(C(C)C)CC(c2nccc3ccccc23)=NO1. The number of hydrogen-bond donors (Lipinski definition) is 1. The van der Waals surface area contributed by atoms with Crippen LogP contribution in [0.3, 0.4) is 0 Å². The van der Waals surface area contributed by atoms with E-state index in [0.29, 0.717) is 11.4 Å². The molecule has 9 nitrogen and oxygen atoms in total. The molecule has 0 bridgehead atoms. The number of rotatable bonds is 7. The van der Waals surface area contributed by atoms with E-state index in [-0.39, 0.29) is 25.2 Å². The maximum Gasteiger partial charge on any atom is 0.311 e. The van der Waals surface area contributed by atoms with Gasteiger partial charge in [0.15, 0.2) is 6.67 Å². The first kappa shape index (κ1) is 23.6. The normalized spacial score (nSPS) is 26.2. The molecule has 1 unspecified atom stereocenters. The van der Waals surface area contributed by atoms with Gasteiger partial charge in [0, 0.05) is 30.3 Å². The summed E-state index contributed by atoms with van der Waals surface area (Å²) in [5.41, 5.74) is -0.340. The van der Waals surface area contributed by atoms with Crippen LogP contribution in [-0.4, -0.2) is 52.6 Å². The number of hydrogen-bond acceptors (Lipinski definition) is 8. The lowest BCUT2D eigenvalue weighted by atomic mass is 9.83. The van der Waals surface area contributed by atoms with Gasteiger partial charge >= 0.3 is 17.7 Å². The van der Waals surface area contributed by atoms with Crippen LogP contribution in [0, 0.1) is 5.92 Å². The number of cyclic esters (lactones) is 1. The van der Waals surface area contributed by atoms with Gasteiger partial charge in [-0.2, -0.15) is 0 Å². The summed E-state index contributed by atoms with van der Waals surface area (Å²) in [5.74, 6) is -4.71. The molecular weight excluding hydrogens is 445 g/mol. The van der Waals surface area contributed by atoms with E-state index in [9.17, 15) is 18.8 Å². The maximum atomic E-state index is 14.0. The number of aromatic nitrogens is 1. The van der Waals surface area contributed by atoms with Crippen LogP contribution in [0.15, 0.2) is 41.7 Å². The number of pyridine rings is 1. The fourth-order valence-corrected chi connectivity index (χ4v) is 4.19. The van der Waals surface area contributed by atoms with Gasteiger partial charge in [0.05, 0.1) is 12.1 Å². The van der Waals surface area contributed by atoms with Crippen molar-refractivity contribution in [2.45, 2.75) is 57.5 Å². The lowest BCUT2D eigenvalue weighted by Crippen LogP contribution is -2.60. The minimum absolute atomic E-state index is 0.0474. The van der Waals surface area contributed by atoms with E-state index in [2.05, 4.69) is 15.5 Å². The molecule has 2 aliphatic heterocycles. The Morgan fingerprint density at radius 3 is 2.76 bits per heavy atom. The van der Waals surface area contributed by atoms with E-state index >= 15 is 0 Å². The van der Waals surface area contributed by atoms with Crippen molar-refractivity contribution in [3.8, 4) is 0 Å². The Balaban J connectivity index is 1.60. The average Bonchev–Trinajstić information content (AvgIpc) is 3.41. The Morgan fingerprint density at radius 2 is 2.06 bits per heavy atom. The van der Waals surface area contributed by atoms with Crippen molar-refractivity contribution in [3.05, 3.63) is 42.2 Å². The maximum absolute atomic E-state index is 14.0. The summed E-state index contributed by atoms with van der Waals surface area (Å²) < 4.78 is 24.2. The summed E-state index contributed by atoms with van der Waals surface area (Å²) in [6.07, 6.45) is 1.37. The van der Waals surface area contributed by atoms with E-state index in [1.54, 1.807) is 20.0 Å². The van der Waals surface area contributed by atoms with Crippen molar-refractivity contribution < 1.29 is 33.1 Å². The first-order chi connectivity index (χ1) is 16.2. The number of nitrogens with zero attached hydrogens (tertiary/aromatic N) is 2. The van der Waals surface area contributed by atoms with E-state index in [1.807, 2.05) is 30.3 Å². The van der Waals surface area contributed by atoms with Crippen LogP contribution in [0.5, 0.6) is 0 Å². The van der Waals surface area contributed by atoms with Crippen LogP contribution >= 0.6 is 0 Å². The third-order valence-electron chi connectivity index (χ3n) is 6.27. The van der Waals surface area contributed by atoms with Gasteiger partial charge in [-0.25, -0.2) is 4.39 Å². The second-order valence-corrected chi connectivity index (χ2v) is 8.71. The van der Waals surface area contributed by atoms with E-state index < -0.39 is 42.0 Å². The Labute approximate surface area is 195 Å². The molecule has 4 rings (SSSR count). The summed E-state index contributed by atoms with van der Waals surface area (Å²) in [7, 11) is 0. The van der Waals surface area contributed by atoms with Gasteiger partial charge < -0.3 is 19.6 Å². The zero-order valence-corrected chi connectivity index (χ0v) is 19.2. The molecule has 34 heavy (non-hydrogen) atoms. The van der Waals surface area contributed by atoms with Crippen molar-refractivity contribution in [2.24, 2.45) is 11.1 Å². The number of carbonyl (C=O) groups is 3. The summed E-state index contributed by atoms with van der Waals surface area (Å²) in [4.78, 5) is 47.5. The molecule has 180 valence electrons. The molecular formula is C24H26FN3O6. The average molecular weight is 471 g/mol. The molecule has 2 aromatic rings. The molecule has 1 aromatic heterocycles. The quantitative estimate of drug-likeness (QED) is 0.617. The number of halogens is 1. The minimum Gasteiger partial charge on any atom is -0.417 e. The molecule has 1 amide bonds. The predicted molar refractivity (Wildman–Crippen MR) is 119 cm³/mol. The Morgan fingerprint density at radius 1 is 1.29 bits per heavy atom. The van der Waals surface area contributed by atoms with E-state index in [0.717, 1.165) is 10.8 Å². The van der Waals surface area contributed by atoms with Crippen molar-refractivity contribution >= 4 is 34.3 Å². The molecule has 1 N–H and O–H groups in total. The van der Waals surface area contributed by atoms with Gasteiger partial charge in [0.25, 0.3) is 5.91 Å². The number of nitrogens with one attached hydrogen (secondary N) is 1. The highest BCUT2D eigenvalue weighted by Crippen LogP contribution is 2.37. The summed E-state index contributed by atoms with van der Waals surface area (Å²) in [6, 6.07) is 8.32. The van der Waals surface area contributed by atoms with Crippen molar-refractivity contribution in [1.82, 2.24) is 10.3 Å². The number of ether oxygens (including phenoxy) is 2. The third-order valence-corrected chi connectivity index (χ3v) is 6.27. The molecule has 1 aromatic carbocycles. The zero-order chi connectivity index (χ0) is 24.5. The van der Waals surface area contributed by atoms with Gasteiger partial charge in [0.2, 0.25) is 5.60 Å². The first-order valence-electron chi connectivity index (χ1n) is 11.1. The van der Waals surface area contributed by atoms with Gasteiger partial charge in [-0.05, 0) is 11.5 Å². The number of esters is 2.